The molecule has 20 heavy (non-hydrogen) atoms. The van der Waals surface area contributed by atoms with Gasteiger partial charge in [-0.1, -0.05) is 6.92 Å². The third-order valence-corrected chi connectivity index (χ3v) is 4.91. The van der Waals surface area contributed by atoms with Crippen LogP contribution in [-0.2, 0) is 9.59 Å². The fraction of sp³-hybridized carbons (Fsp3) is 0.867. The average molecular weight is 282 g/mol. The van der Waals surface area contributed by atoms with Crippen molar-refractivity contribution < 1.29 is 14.7 Å². The van der Waals surface area contributed by atoms with Crippen molar-refractivity contribution in [3.63, 3.8) is 0 Å². The van der Waals surface area contributed by atoms with E-state index in [1.165, 1.54) is 12.8 Å². The van der Waals surface area contributed by atoms with E-state index in [9.17, 15) is 9.59 Å². The number of nitrogens with zero attached hydrogens (tertiary/aromatic N) is 2. The monoisotopic (exact) mass is 282 g/mol. The van der Waals surface area contributed by atoms with Crippen molar-refractivity contribution in [3.05, 3.63) is 0 Å². The Morgan fingerprint density at radius 1 is 1.20 bits per heavy atom. The number of likely N-dealkylation sites (tertiary alicyclic amines) is 1. The van der Waals surface area contributed by atoms with Crippen molar-refractivity contribution in [1.82, 2.24) is 9.80 Å². The van der Waals surface area contributed by atoms with E-state index < -0.39 is 12.0 Å². The number of hydrogen-bond donors (Lipinski definition) is 1. The van der Waals surface area contributed by atoms with E-state index >= 15 is 0 Å². The minimum Gasteiger partial charge on any atom is -0.480 e. The highest BCUT2D eigenvalue weighted by Crippen LogP contribution is 2.27. The molecule has 1 N–H and O–H groups in total. The molecule has 1 saturated heterocycles. The number of rotatable bonds is 4. The summed E-state index contributed by atoms with van der Waals surface area (Å²) in [4.78, 5) is 27.1. The molecule has 0 aromatic heterocycles. The van der Waals surface area contributed by atoms with Crippen LogP contribution in [0.1, 0.15) is 45.4 Å². The lowest BCUT2D eigenvalue weighted by molar-refractivity contribution is -0.143. The maximum atomic E-state index is 12.3. The number of carboxylic acid groups (broad SMARTS) is 1. The summed E-state index contributed by atoms with van der Waals surface area (Å²) in [6.07, 6.45) is 6.05. The summed E-state index contributed by atoms with van der Waals surface area (Å²) in [5, 5.41) is 9.15. The zero-order chi connectivity index (χ0) is 14.7. The van der Waals surface area contributed by atoms with Crippen molar-refractivity contribution in [2.24, 2.45) is 5.92 Å². The van der Waals surface area contributed by atoms with Crippen molar-refractivity contribution >= 4 is 11.9 Å². The Balaban J connectivity index is 1.86. The summed E-state index contributed by atoms with van der Waals surface area (Å²) in [7, 11) is 1.87. The largest absolute Gasteiger partial charge is 0.480 e. The standard InChI is InChI=1S/C15H26N2O3/c1-11-5-7-12(8-6-11)16(2)14(18)10-17-9-3-4-13(17)15(19)20/h11-13H,3-10H2,1-2H3,(H,19,20). The first-order valence-electron chi connectivity index (χ1n) is 7.71. The third-order valence-electron chi connectivity index (χ3n) is 4.91. The molecule has 0 radical (unpaired) electrons. The van der Waals surface area contributed by atoms with Gasteiger partial charge in [-0.2, -0.15) is 0 Å². The van der Waals surface area contributed by atoms with Crippen LogP contribution in [-0.4, -0.2) is 59.0 Å². The number of hydrogen-bond acceptors (Lipinski definition) is 3. The molecular formula is C15H26N2O3. The Morgan fingerprint density at radius 3 is 2.45 bits per heavy atom. The molecule has 1 atom stereocenters. The maximum Gasteiger partial charge on any atom is 0.320 e. The number of aliphatic carboxylic acids is 1. The van der Waals surface area contributed by atoms with Crippen LogP contribution < -0.4 is 0 Å². The normalized spacial score (nSPS) is 31.2. The third kappa shape index (κ3) is 3.51. The molecule has 1 heterocycles. The van der Waals surface area contributed by atoms with Crippen molar-refractivity contribution in [1.29, 1.82) is 0 Å². The Morgan fingerprint density at radius 2 is 1.85 bits per heavy atom. The van der Waals surface area contributed by atoms with Crippen molar-refractivity contribution in [2.45, 2.75) is 57.5 Å². The summed E-state index contributed by atoms with van der Waals surface area (Å²) in [5.41, 5.74) is 0. The molecular weight excluding hydrogens is 256 g/mol. The van der Waals surface area contributed by atoms with Crippen molar-refractivity contribution in [3.8, 4) is 0 Å². The summed E-state index contributed by atoms with van der Waals surface area (Å²) in [6, 6.07) is -0.136. The van der Waals surface area contributed by atoms with E-state index in [0.29, 0.717) is 12.5 Å². The van der Waals surface area contributed by atoms with Gasteiger partial charge < -0.3 is 10.0 Å². The molecule has 1 aliphatic carbocycles. The van der Waals surface area contributed by atoms with Gasteiger partial charge in [-0.15, -0.1) is 0 Å². The number of likely N-dealkylation sites (N-methyl/N-ethyl adjacent to an activating group) is 1. The highest BCUT2D eigenvalue weighted by Gasteiger charge is 2.33. The molecule has 5 nitrogen and oxygen atoms in total. The first-order valence-corrected chi connectivity index (χ1v) is 7.71. The second kappa shape index (κ2) is 6.57. The number of amides is 1. The number of carbonyl (C=O) groups excluding carboxylic acids is 1. The van der Waals surface area contributed by atoms with Gasteiger partial charge in [-0.05, 0) is 51.0 Å². The Hall–Kier alpha value is -1.10. The molecule has 5 heteroatoms. The van der Waals surface area contributed by atoms with Gasteiger partial charge in [0.05, 0.1) is 6.54 Å². The predicted molar refractivity (Wildman–Crippen MR) is 76.4 cm³/mol. The summed E-state index contributed by atoms with van der Waals surface area (Å²) < 4.78 is 0. The zero-order valence-corrected chi connectivity index (χ0v) is 12.5. The molecule has 1 aliphatic heterocycles. The van der Waals surface area contributed by atoms with Crippen LogP contribution >= 0.6 is 0 Å². The lowest BCUT2D eigenvalue weighted by Crippen LogP contribution is -2.47. The highest BCUT2D eigenvalue weighted by atomic mass is 16.4. The second-order valence-corrected chi connectivity index (χ2v) is 6.39. The van der Waals surface area contributed by atoms with Crippen LogP contribution in [0.15, 0.2) is 0 Å². The van der Waals surface area contributed by atoms with Crippen LogP contribution in [0.2, 0.25) is 0 Å². The Kier molecular flexibility index (Phi) is 5.02. The first kappa shape index (κ1) is 15.3. The zero-order valence-electron chi connectivity index (χ0n) is 12.5. The molecule has 2 aliphatic rings. The number of carbonyl (C=O) groups is 2. The van der Waals surface area contributed by atoms with E-state index in [4.69, 9.17) is 5.11 Å². The van der Waals surface area contributed by atoms with Gasteiger partial charge in [0.15, 0.2) is 0 Å². The summed E-state index contributed by atoms with van der Waals surface area (Å²) in [5.74, 6) is 0.0341. The predicted octanol–water partition coefficient (Wildman–Crippen LogP) is 1.57. The van der Waals surface area contributed by atoms with E-state index in [1.54, 1.807) is 0 Å². The number of carboxylic acids is 1. The Labute approximate surface area is 120 Å². The van der Waals surface area contributed by atoms with E-state index in [-0.39, 0.29) is 12.5 Å². The fourth-order valence-corrected chi connectivity index (χ4v) is 3.41. The molecule has 1 saturated carbocycles. The van der Waals surface area contributed by atoms with E-state index in [1.807, 2.05) is 16.8 Å². The van der Waals surface area contributed by atoms with Crippen LogP contribution in [0.25, 0.3) is 0 Å². The summed E-state index contributed by atoms with van der Waals surface area (Å²) in [6.45, 7) is 3.23. The molecule has 0 bridgehead atoms. The minimum atomic E-state index is -0.801. The lowest BCUT2D eigenvalue weighted by Gasteiger charge is -2.34. The van der Waals surface area contributed by atoms with Crippen LogP contribution in [0.4, 0.5) is 0 Å². The van der Waals surface area contributed by atoms with Gasteiger partial charge >= 0.3 is 5.97 Å². The first-order chi connectivity index (χ1) is 9.49. The highest BCUT2D eigenvalue weighted by molar-refractivity contribution is 5.80. The van der Waals surface area contributed by atoms with Gasteiger partial charge in [0, 0.05) is 13.1 Å². The van der Waals surface area contributed by atoms with Crippen LogP contribution in [0.5, 0.6) is 0 Å². The van der Waals surface area contributed by atoms with E-state index in [2.05, 4.69) is 6.92 Å². The summed E-state index contributed by atoms with van der Waals surface area (Å²) >= 11 is 0. The SMILES string of the molecule is CC1CCC(N(C)C(=O)CN2CCCC2C(=O)O)CC1. The minimum absolute atomic E-state index is 0.0673. The van der Waals surface area contributed by atoms with Gasteiger partial charge in [-0.3, -0.25) is 14.5 Å². The van der Waals surface area contributed by atoms with Crippen LogP contribution in [0.3, 0.4) is 0 Å². The lowest BCUT2D eigenvalue weighted by atomic mass is 9.87. The fourth-order valence-electron chi connectivity index (χ4n) is 3.41. The second-order valence-electron chi connectivity index (χ2n) is 6.39. The molecule has 0 aromatic rings. The van der Waals surface area contributed by atoms with E-state index in [0.717, 1.165) is 31.7 Å². The smallest absolute Gasteiger partial charge is 0.320 e. The molecule has 0 spiro atoms. The quantitative estimate of drug-likeness (QED) is 0.850. The van der Waals surface area contributed by atoms with Gasteiger partial charge in [0.25, 0.3) is 0 Å². The molecule has 2 rings (SSSR count). The van der Waals surface area contributed by atoms with Gasteiger partial charge in [0.2, 0.25) is 5.91 Å². The molecule has 2 fully saturated rings. The molecule has 114 valence electrons. The van der Waals surface area contributed by atoms with Gasteiger partial charge in [-0.25, -0.2) is 0 Å². The van der Waals surface area contributed by atoms with Crippen molar-refractivity contribution in [2.75, 3.05) is 20.1 Å². The van der Waals surface area contributed by atoms with Crippen LogP contribution in [0, 0.1) is 5.92 Å². The Bertz CT molecular complexity index is 364. The topological polar surface area (TPSA) is 60.9 Å². The molecule has 1 unspecified atom stereocenters. The molecule has 1 amide bonds. The van der Waals surface area contributed by atoms with Gasteiger partial charge in [0.1, 0.15) is 6.04 Å². The maximum absolute atomic E-state index is 12.3. The average Bonchev–Trinajstić information content (AvgIpc) is 2.87. The molecule has 0 aromatic carbocycles.